The molecule has 3 nitrogen and oxygen atoms in total. The van der Waals surface area contributed by atoms with Crippen molar-refractivity contribution in [1.82, 2.24) is 0 Å². The summed E-state index contributed by atoms with van der Waals surface area (Å²) >= 11 is 5.92. The average Bonchev–Trinajstić information content (AvgIpc) is 2.50. The lowest BCUT2D eigenvalue weighted by Crippen LogP contribution is -2.34. The summed E-state index contributed by atoms with van der Waals surface area (Å²) in [4.78, 5) is 12.3. The highest BCUT2D eigenvalue weighted by molar-refractivity contribution is 6.33. The van der Waals surface area contributed by atoms with Gasteiger partial charge in [-0.3, -0.25) is 4.79 Å². The second-order valence-corrected chi connectivity index (χ2v) is 5.43. The van der Waals surface area contributed by atoms with E-state index in [0.29, 0.717) is 13.0 Å². The van der Waals surface area contributed by atoms with Gasteiger partial charge in [-0.05, 0) is 30.2 Å². The molecule has 0 spiro atoms. The monoisotopic (exact) mass is 304 g/mol. The Bertz CT molecular complexity index is 669. The molecule has 0 radical (unpaired) electrons. The van der Waals surface area contributed by atoms with Crippen molar-refractivity contribution in [2.75, 3.05) is 17.2 Å². The number of nitrogens with one attached hydrogen (secondary N) is 2. The van der Waals surface area contributed by atoms with Gasteiger partial charge in [0.25, 0.3) is 0 Å². The molecule has 2 aromatic carbocycles. The van der Waals surface area contributed by atoms with Crippen LogP contribution in [0.15, 0.2) is 42.5 Å². The summed E-state index contributed by atoms with van der Waals surface area (Å²) in [5, 5.41) is 6.02. The molecule has 0 aliphatic carbocycles. The maximum Gasteiger partial charge on any atom is 0.229 e. The lowest BCUT2D eigenvalue weighted by molar-refractivity contribution is -0.119. The Morgan fingerprint density at radius 2 is 2.05 bits per heavy atom. The molecule has 0 saturated heterocycles. The number of rotatable bonds is 2. The normalized spacial score (nSPS) is 16.8. The Labute approximate surface area is 127 Å². The van der Waals surface area contributed by atoms with Crippen molar-refractivity contribution in [2.45, 2.75) is 6.42 Å². The van der Waals surface area contributed by atoms with Gasteiger partial charge < -0.3 is 10.6 Å². The fourth-order valence-corrected chi connectivity index (χ4v) is 2.68. The number of anilines is 2. The standard InChI is InChI=1S/C16H14ClFN2O/c17-12-5-3-6-13(18)15(12)20-16(21)11-8-10-4-1-2-7-14(10)19-9-11/h1-7,11,19H,8-9H2,(H,20,21). The second kappa shape index (κ2) is 5.74. The van der Waals surface area contributed by atoms with Gasteiger partial charge in [0.15, 0.2) is 0 Å². The van der Waals surface area contributed by atoms with Gasteiger partial charge in [0.2, 0.25) is 5.91 Å². The number of para-hydroxylation sites is 2. The molecule has 3 rings (SSSR count). The van der Waals surface area contributed by atoms with Crippen LogP contribution >= 0.6 is 11.6 Å². The number of fused-ring (bicyclic) bond motifs is 1. The Balaban J connectivity index is 1.76. The molecule has 1 atom stereocenters. The number of hydrogen-bond acceptors (Lipinski definition) is 2. The number of hydrogen-bond donors (Lipinski definition) is 2. The molecule has 0 fully saturated rings. The first-order chi connectivity index (χ1) is 10.1. The minimum absolute atomic E-state index is 0.0445. The number of amides is 1. The lowest BCUT2D eigenvalue weighted by atomic mass is 9.93. The van der Waals surface area contributed by atoms with Crippen LogP contribution in [0.2, 0.25) is 5.02 Å². The summed E-state index contributed by atoms with van der Waals surface area (Å²) < 4.78 is 13.7. The molecule has 108 valence electrons. The Morgan fingerprint density at radius 3 is 2.86 bits per heavy atom. The van der Waals surface area contributed by atoms with Crippen LogP contribution in [0.3, 0.4) is 0 Å². The van der Waals surface area contributed by atoms with E-state index in [9.17, 15) is 9.18 Å². The first-order valence-electron chi connectivity index (χ1n) is 6.72. The molecule has 5 heteroatoms. The van der Waals surface area contributed by atoms with Crippen molar-refractivity contribution >= 4 is 28.9 Å². The second-order valence-electron chi connectivity index (χ2n) is 5.03. The molecule has 2 N–H and O–H groups in total. The first kappa shape index (κ1) is 13.9. The number of benzene rings is 2. The van der Waals surface area contributed by atoms with Crippen LogP contribution in [-0.2, 0) is 11.2 Å². The number of carbonyl (C=O) groups is 1. The highest BCUT2D eigenvalue weighted by Gasteiger charge is 2.25. The van der Waals surface area contributed by atoms with Crippen LogP contribution in [0.25, 0.3) is 0 Å². The zero-order valence-electron chi connectivity index (χ0n) is 11.2. The van der Waals surface area contributed by atoms with Crippen molar-refractivity contribution in [2.24, 2.45) is 5.92 Å². The van der Waals surface area contributed by atoms with Crippen LogP contribution < -0.4 is 10.6 Å². The molecule has 21 heavy (non-hydrogen) atoms. The quantitative estimate of drug-likeness (QED) is 0.888. The van der Waals surface area contributed by atoms with E-state index in [1.807, 2.05) is 24.3 Å². The summed E-state index contributed by atoms with van der Waals surface area (Å²) in [7, 11) is 0. The third kappa shape index (κ3) is 2.85. The van der Waals surface area contributed by atoms with Gasteiger partial charge in [0, 0.05) is 12.2 Å². The molecule has 1 unspecified atom stereocenters. The summed E-state index contributed by atoms with van der Waals surface area (Å²) in [5.74, 6) is -1.01. The molecule has 1 aliphatic heterocycles. The maximum absolute atomic E-state index is 13.7. The minimum Gasteiger partial charge on any atom is -0.384 e. The van der Waals surface area contributed by atoms with E-state index in [1.165, 1.54) is 12.1 Å². The van der Waals surface area contributed by atoms with E-state index in [1.54, 1.807) is 6.07 Å². The third-order valence-electron chi connectivity index (χ3n) is 3.60. The summed E-state index contributed by atoms with van der Waals surface area (Å²) in [5.41, 5.74) is 2.18. The van der Waals surface area contributed by atoms with Gasteiger partial charge in [-0.2, -0.15) is 0 Å². The Morgan fingerprint density at radius 1 is 1.24 bits per heavy atom. The smallest absolute Gasteiger partial charge is 0.229 e. The summed E-state index contributed by atoms with van der Waals surface area (Å²) in [6, 6.07) is 12.2. The first-order valence-corrected chi connectivity index (χ1v) is 7.09. The highest BCUT2D eigenvalue weighted by atomic mass is 35.5. The molecule has 0 aromatic heterocycles. The molecule has 1 heterocycles. The minimum atomic E-state index is -0.528. The largest absolute Gasteiger partial charge is 0.384 e. The van der Waals surface area contributed by atoms with Gasteiger partial charge in [0.1, 0.15) is 5.82 Å². The Kier molecular flexibility index (Phi) is 3.80. The fourth-order valence-electron chi connectivity index (χ4n) is 2.47. The predicted octanol–water partition coefficient (Wildman–Crippen LogP) is 3.70. The van der Waals surface area contributed by atoms with Gasteiger partial charge >= 0.3 is 0 Å². The van der Waals surface area contributed by atoms with Gasteiger partial charge in [-0.15, -0.1) is 0 Å². The van der Waals surface area contributed by atoms with E-state index in [0.717, 1.165) is 11.3 Å². The van der Waals surface area contributed by atoms with Gasteiger partial charge in [-0.25, -0.2) is 4.39 Å². The number of carbonyl (C=O) groups excluding carboxylic acids is 1. The molecule has 2 aromatic rings. The van der Waals surface area contributed by atoms with E-state index < -0.39 is 5.82 Å². The van der Waals surface area contributed by atoms with E-state index in [2.05, 4.69) is 10.6 Å². The van der Waals surface area contributed by atoms with Crippen molar-refractivity contribution in [3.63, 3.8) is 0 Å². The van der Waals surface area contributed by atoms with Crippen LogP contribution in [0, 0.1) is 11.7 Å². The fraction of sp³-hybridized carbons (Fsp3) is 0.188. The van der Waals surface area contributed by atoms with Crippen molar-refractivity contribution in [1.29, 1.82) is 0 Å². The predicted molar refractivity (Wildman–Crippen MR) is 82.2 cm³/mol. The third-order valence-corrected chi connectivity index (χ3v) is 3.92. The van der Waals surface area contributed by atoms with Crippen molar-refractivity contribution in [3.05, 3.63) is 58.9 Å². The molecular formula is C16H14ClFN2O. The van der Waals surface area contributed by atoms with Crippen molar-refractivity contribution < 1.29 is 9.18 Å². The zero-order valence-corrected chi connectivity index (χ0v) is 12.0. The highest BCUT2D eigenvalue weighted by Crippen LogP contribution is 2.28. The molecule has 0 saturated carbocycles. The summed E-state index contributed by atoms with van der Waals surface area (Å²) in [6.07, 6.45) is 0.626. The van der Waals surface area contributed by atoms with Crippen molar-refractivity contribution in [3.8, 4) is 0 Å². The Hall–Kier alpha value is -2.07. The van der Waals surface area contributed by atoms with Gasteiger partial charge in [0.05, 0.1) is 16.6 Å². The van der Waals surface area contributed by atoms with E-state index >= 15 is 0 Å². The maximum atomic E-state index is 13.7. The molecular weight excluding hydrogens is 291 g/mol. The summed E-state index contributed by atoms with van der Waals surface area (Å²) in [6.45, 7) is 0.523. The lowest BCUT2D eigenvalue weighted by Gasteiger charge is -2.25. The van der Waals surface area contributed by atoms with Gasteiger partial charge in [-0.1, -0.05) is 35.9 Å². The number of halogens is 2. The zero-order chi connectivity index (χ0) is 14.8. The SMILES string of the molecule is O=C(Nc1c(F)cccc1Cl)C1CNc2ccccc2C1. The van der Waals surface area contributed by atoms with Crippen LogP contribution in [0.1, 0.15) is 5.56 Å². The van der Waals surface area contributed by atoms with E-state index in [-0.39, 0.29) is 22.5 Å². The topological polar surface area (TPSA) is 41.1 Å². The van der Waals surface area contributed by atoms with Crippen LogP contribution in [0.5, 0.6) is 0 Å². The average molecular weight is 305 g/mol. The van der Waals surface area contributed by atoms with Crippen LogP contribution in [-0.4, -0.2) is 12.5 Å². The van der Waals surface area contributed by atoms with Crippen LogP contribution in [0.4, 0.5) is 15.8 Å². The molecule has 1 aliphatic rings. The molecule has 0 bridgehead atoms. The molecule has 1 amide bonds. The van der Waals surface area contributed by atoms with E-state index in [4.69, 9.17) is 11.6 Å².